The van der Waals surface area contributed by atoms with E-state index in [1.807, 2.05) is 13.8 Å². The molecule has 1 rings (SSSR count). The van der Waals surface area contributed by atoms with Gasteiger partial charge in [-0.2, -0.15) is 13.2 Å². The van der Waals surface area contributed by atoms with E-state index in [0.717, 1.165) is 12.1 Å². The fourth-order valence-electron chi connectivity index (χ4n) is 2.05. The highest BCUT2D eigenvalue weighted by molar-refractivity contribution is 7.89. The Morgan fingerprint density at radius 3 is 2.30 bits per heavy atom. The fourth-order valence-corrected chi connectivity index (χ4v) is 4.07. The highest BCUT2D eigenvalue weighted by Crippen LogP contribution is 2.37. The van der Waals surface area contributed by atoms with Crippen molar-refractivity contribution in [2.24, 2.45) is 11.7 Å². The van der Waals surface area contributed by atoms with Gasteiger partial charge in [-0.15, -0.1) is 12.4 Å². The van der Waals surface area contributed by atoms with E-state index in [2.05, 4.69) is 4.72 Å². The summed E-state index contributed by atoms with van der Waals surface area (Å²) >= 11 is 5.70. The van der Waals surface area contributed by atoms with Crippen LogP contribution in [0.5, 0.6) is 0 Å². The first-order chi connectivity index (χ1) is 9.99. The van der Waals surface area contributed by atoms with Crippen molar-refractivity contribution in [1.82, 2.24) is 4.72 Å². The van der Waals surface area contributed by atoms with Crippen LogP contribution in [0.2, 0.25) is 5.02 Å². The van der Waals surface area contributed by atoms with Crippen molar-refractivity contribution in [2.75, 3.05) is 6.54 Å². The molecule has 10 heteroatoms. The SMILES string of the molecule is CC(C)CC(CN)NS(=O)(=O)c1c(Cl)cccc1C(F)(F)F.Cl. The molecule has 0 aliphatic carbocycles. The van der Waals surface area contributed by atoms with E-state index in [1.165, 1.54) is 0 Å². The van der Waals surface area contributed by atoms with Crippen molar-refractivity contribution < 1.29 is 21.6 Å². The Kier molecular flexibility index (Phi) is 8.33. The van der Waals surface area contributed by atoms with Crippen LogP contribution in [-0.2, 0) is 16.2 Å². The van der Waals surface area contributed by atoms with Gasteiger partial charge in [0.25, 0.3) is 0 Å². The minimum atomic E-state index is -4.83. The second kappa shape index (κ2) is 8.53. The van der Waals surface area contributed by atoms with Crippen LogP contribution in [0.3, 0.4) is 0 Å². The number of hydrogen-bond donors (Lipinski definition) is 2. The summed E-state index contributed by atoms with van der Waals surface area (Å²) in [4.78, 5) is -0.966. The molecule has 0 saturated carbocycles. The average molecular weight is 395 g/mol. The van der Waals surface area contributed by atoms with E-state index in [9.17, 15) is 21.6 Å². The number of rotatable bonds is 6. The van der Waals surface area contributed by atoms with Gasteiger partial charge < -0.3 is 5.73 Å². The smallest absolute Gasteiger partial charge is 0.329 e. The maximum absolute atomic E-state index is 13.0. The van der Waals surface area contributed by atoms with Crippen LogP contribution in [0.1, 0.15) is 25.8 Å². The number of nitrogens with two attached hydrogens (primary N) is 1. The van der Waals surface area contributed by atoms with Gasteiger partial charge in [0.15, 0.2) is 0 Å². The molecule has 0 aliphatic rings. The van der Waals surface area contributed by atoms with E-state index >= 15 is 0 Å². The molecule has 0 radical (unpaired) electrons. The van der Waals surface area contributed by atoms with Crippen LogP contribution in [0.25, 0.3) is 0 Å². The van der Waals surface area contributed by atoms with E-state index in [-0.39, 0.29) is 24.9 Å². The Labute approximate surface area is 145 Å². The molecule has 0 heterocycles. The number of sulfonamides is 1. The Morgan fingerprint density at radius 1 is 1.30 bits per heavy atom. The van der Waals surface area contributed by atoms with Gasteiger partial charge in [0, 0.05) is 12.6 Å². The van der Waals surface area contributed by atoms with Gasteiger partial charge >= 0.3 is 6.18 Å². The summed E-state index contributed by atoms with van der Waals surface area (Å²) in [5.41, 5.74) is 4.19. The van der Waals surface area contributed by atoms with Gasteiger partial charge in [0.1, 0.15) is 4.90 Å². The fraction of sp³-hybridized carbons (Fsp3) is 0.538. The van der Waals surface area contributed by atoms with Gasteiger partial charge in [-0.05, 0) is 24.5 Å². The zero-order valence-electron chi connectivity index (χ0n) is 12.5. The van der Waals surface area contributed by atoms with Crippen LogP contribution >= 0.6 is 24.0 Å². The number of alkyl halides is 3. The molecule has 0 saturated heterocycles. The molecule has 0 amide bonds. The largest absolute Gasteiger partial charge is 0.417 e. The summed E-state index contributed by atoms with van der Waals surface area (Å²) in [6.45, 7) is 3.68. The monoisotopic (exact) mass is 394 g/mol. The Bertz CT molecular complexity index is 622. The molecule has 0 spiro atoms. The summed E-state index contributed by atoms with van der Waals surface area (Å²) in [6.07, 6.45) is -4.42. The summed E-state index contributed by atoms with van der Waals surface area (Å²) in [6, 6.07) is 2.17. The number of hydrogen-bond acceptors (Lipinski definition) is 3. The van der Waals surface area contributed by atoms with Gasteiger partial charge in [-0.1, -0.05) is 31.5 Å². The van der Waals surface area contributed by atoms with Crippen LogP contribution in [-0.4, -0.2) is 21.0 Å². The van der Waals surface area contributed by atoms with Gasteiger partial charge in [0.2, 0.25) is 10.0 Å². The first kappa shape index (κ1) is 22.5. The third kappa shape index (κ3) is 6.11. The summed E-state index contributed by atoms with van der Waals surface area (Å²) in [5.74, 6) is 0.129. The topological polar surface area (TPSA) is 72.2 Å². The molecule has 1 atom stereocenters. The first-order valence-corrected chi connectivity index (χ1v) is 8.43. The Hall–Kier alpha value is -0.540. The Balaban J connectivity index is 0.00000484. The van der Waals surface area contributed by atoms with Crippen molar-refractivity contribution in [2.45, 2.75) is 37.4 Å². The van der Waals surface area contributed by atoms with Crippen molar-refractivity contribution in [3.8, 4) is 0 Å². The normalized spacial score (nSPS) is 13.7. The second-order valence-corrected chi connectivity index (χ2v) is 7.36. The zero-order chi connectivity index (χ0) is 17.1. The van der Waals surface area contributed by atoms with Crippen LogP contribution in [0, 0.1) is 5.92 Å². The summed E-state index contributed by atoms with van der Waals surface area (Å²) in [7, 11) is -4.44. The first-order valence-electron chi connectivity index (χ1n) is 6.57. The standard InChI is InChI=1S/C13H18ClF3N2O2S.ClH/c1-8(2)6-9(7-18)19-22(20,21)12-10(13(15,16)17)4-3-5-11(12)14;/h3-5,8-9,19H,6-7,18H2,1-2H3;1H. The molecule has 0 bridgehead atoms. The molecule has 0 fully saturated rings. The second-order valence-electron chi connectivity index (χ2n) is 5.30. The quantitative estimate of drug-likeness (QED) is 0.775. The maximum atomic E-state index is 13.0. The maximum Gasteiger partial charge on any atom is 0.417 e. The summed E-state index contributed by atoms with van der Waals surface area (Å²) in [5, 5.41) is -0.484. The minimum Gasteiger partial charge on any atom is -0.329 e. The highest BCUT2D eigenvalue weighted by Gasteiger charge is 2.39. The van der Waals surface area contributed by atoms with Gasteiger partial charge in [-0.3, -0.25) is 0 Å². The molecular weight excluding hydrogens is 376 g/mol. The summed E-state index contributed by atoms with van der Waals surface area (Å²) < 4.78 is 65.9. The Morgan fingerprint density at radius 2 is 1.87 bits per heavy atom. The molecule has 0 aromatic heterocycles. The average Bonchev–Trinajstić information content (AvgIpc) is 2.35. The van der Waals surface area contributed by atoms with E-state index in [4.69, 9.17) is 17.3 Å². The van der Waals surface area contributed by atoms with Crippen molar-refractivity contribution in [3.63, 3.8) is 0 Å². The molecule has 1 unspecified atom stereocenters. The van der Waals surface area contributed by atoms with E-state index in [0.29, 0.717) is 12.5 Å². The number of benzene rings is 1. The minimum absolute atomic E-state index is 0. The van der Waals surface area contributed by atoms with Crippen LogP contribution < -0.4 is 10.5 Å². The third-order valence-electron chi connectivity index (χ3n) is 2.90. The predicted octanol–water partition coefficient (Wildman–Crippen LogP) is 3.43. The molecule has 4 nitrogen and oxygen atoms in total. The molecular formula is C13H19Cl2F3N2O2S. The zero-order valence-corrected chi connectivity index (χ0v) is 14.9. The highest BCUT2D eigenvalue weighted by atomic mass is 35.5. The number of halogens is 5. The van der Waals surface area contributed by atoms with Crippen molar-refractivity contribution in [1.29, 1.82) is 0 Å². The molecule has 0 aliphatic heterocycles. The molecule has 1 aromatic rings. The van der Waals surface area contributed by atoms with Crippen molar-refractivity contribution in [3.05, 3.63) is 28.8 Å². The lowest BCUT2D eigenvalue weighted by atomic mass is 10.1. The molecule has 3 N–H and O–H groups in total. The molecule has 1 aromatic carbocycles. The van der Waals surface area contributed by atoms with Crippen LogP contribution in [0.4, 0.5) is 13.2 Å². The lowest BCUT2D eigenvalue weighted by Crippen LogP contribution is -2.41. The van der Waals surface area contributed by atoms with Crippen molar-refractivity contribution >= 4 is 34.0 Å². The molecule has 23 heavy (non-hydrogen) atoms. The lowest BCUT2D eigenvalue weighted by Gasteiger charge is -2.21. The van der Waals surface area contributed by atoms with Gasteiger partial charge in [0.05, 0.1) is 10.6 Å². The third-order valence-corrected chi connectivity index (χ3v) is 4.95. The predicted molar refractivity (Wildman–Crippen MR) is 86.3 cm³/mol. The lowest BCUT2D eigenvalue weighted by molar-refractivity contribution is -0.139. The molecule has 134 valence electrons. The van der Waals surface area contributed by atoms with E-state index < -0.39 is 37.7 Å². The van der Waals surface area contributed by atoms with Gasteiger partial charge in [-0.25, -0.2) is 13.1 Å². The van der Waals surface area contributed by atoms with Crippen LogP contribution in [0.15, 0.2) is 23.1 Å². The van der Waals surface area contributed by atoms with E-state index in [1.54, 1.807) is 0 Å². The number of nitrogens with one attached hydrogen (secondary N) is 1.